The number of ether oxygens (including phenoxy) is 5. The molecule has 2 atom stereocenters. The Morgan fingerprint density at radius 1 is 1.15 bits per heavy atom. The minimum absolute atomic E-state index is 0.124. The maximum Gasteiger partial charge on any atom is 0.146 e. The van der Waals surface area contributed by atoms with E-state index in [4.69, 9.17) is 23.7 Å². The van der Waals surface area contributed by atoms with Crippen molar-refractivity contribution in [2.45, 2.75) is 51.2 Å². The SMILES string of the molecule is CCCCCC[C@@H](COCCOC[C@@H]1CO1)OCOC. The van der Waals surface area contributed by atoms with Crippen LogP contribution in [0, 0.1) is 0 Å². The van der Waals surface area contributed by atoms with Gasteiger partial charge in [-0.1, -0.05) is 32.6 Å². The fourth-order valence-electron chi connectivity index (χ4n) is 1.89. The lowest BCUT2D eigenvalue weighted by molar-refractivity contribution is -0.103. The molecule has 0 amide bonds. The van der Waals surface area contributed by atoms with E-state index >= 15 is 0 Å². The van der Waals surface area contributed by atoms with Crippen LogP contribution in [0.2, 0.25) is 0 Å². The molecular weight excluding hydrogens is 260 g/mol. The molecule has 0 bridgehead atoms. The minimum atomic E-state index is 0.124. The van der Waals surface area contributed by atoms with Gasteiger partial charge < -0.3 is 23.7 Å². The Balaban J connectivity index is 1.95. The van der Waals surface area contributed by atoms with Crippen LogP contribution >= 0.6 is 0 Å². The lowest BCUT2D eigenvalue weighted by atomic mass is 10.1. The van der Waals surface area contributed by atoms with Crippen molar-refractivity contribution in [1.82, 2.24) is 0 Å². The number of methoxy groups -OCH3 is 1. The highest BCUT2D eigenvalue weighted by molar-refractivity contribution is 4.67. The number of rotatable bonds is 15. The van der Waals surface area contributed by atoms with Crippen molar-refractivity contribution in [3.8, 4) is 0 Å². The van der Waals surface area contributed by atoms with Crippen LogP contribution in [0.15, 0.2) is 0 Å². The first-order valence-corrected chi connectivity index (χ1v) is 7.74. The van der Waals surface area contributed by atoms with Crippen LogP contribution in [0.25, 0.3) is 0 Å². The van der Waals surface area contributed by atoms with Crippen molar-refractivity contribution in [2.75, 3.05) is 46.9 Å². The molecule has 5 nitrogen and oxygen atoms in total. The zero-order valence-electron chi connectivity index (χ0n) is 13.0. The zero-order valence-corrected chi connectivity index (χ0v) is 13.0. The summed E-state index contributed by atoms with van der Waals surface area (Å²) in [5.41, 5.74) is 0. The number of epoxide rings is 1. The lowest BCUT2D eigenvalue weighted by Gasteiger charge is -2.17. The van der Waals surface area contributed by atoms with E-state index in [0.717, 1.165) is 13.0 Å². The molecule has 120 valence electrons. The average molecular weight is 290 g/mol. The molecule has 20 heavy (non-hydrogen) atoms. The summed E-state index contributed by atoms with van der Waals surface area (Å²) in [6, 6.07) is 0. The van der Waals surface area contributed by atoms with E-state index in [-0.39, 0.29) is 6.10 Å². The van der Waals surface area contributed by atoms with E-state index in [2.05, 4.69) is 6.92 Å². The van der Waals surface area contributed by atoms with Gasteiger partial charge in [0.2, 0.25) is 0 Å². The normalized spacial score (nSPS) is 19.2. The van der Waals surface area contributed by atoms with Gasteiger partial charge in [0.1, 0.15) is 12.9 Å². The number of hydrogen-bond donors (Lipinski definition) is 0. The van der Waals surface area contributed by atoms with Crippen molar-refractivity contribution in [3.05, 3.63) is 0 Å². The molecule has 0 N–H and O–H groups in total. The van der Waals surface area contributed by atoms with Gasteiger partial charge in [-0.05, 0) is 6.42 Å². The molecular formula is C15H30O5. The summed E-state index contributed by atoms with van der Waals surface area (Å²) < 4.78 is 26.7. The highest BCUT2D eigenvalue weighted by Crippen LogP contribution is 2.10. The van der Waals surface area contributed by atoms with Gasteiger partial charge in [-0.3, -0.25) is 0 Å². The van der Waals surface area contributed by atoms with Crippen LogP contribution < -0.4 is 0 Å². The Hall–Kier alpha value is -0.200. The highest BCUT2D eigenvalue weighted by Gasteiger charge is 2.22. The van der Waals surface area contributed by atoms with Gasteiger partial charge in [0.25, 0.3) is 0 Å². The van der Waals surface area contributed by atoms with Crippen molar-refractivity contribution < 1.29 is 23.7 Å². The van der Waals surface area contributed by atoms with Crippen molar-refractivity contribution in [1.29, 1.82) is 0 Å². The smallest absolute Gasteiger partial charge is 0.146 e. The molecule has 0 aromatic carbocycles. The third kappa shape index (κ3) is 10.6. The van der Waals surface area contributed by atoms with Gasteiger partial charge >= 0.3 is 0 Å². The first kappa shape index (κ1) is 17.9. The third-order valence-electron chi connectivity index (χ3n) is 3.18. The Kier molecular flexibility index (Phi) is 11.2. The van der Waals surface area contributed by atoms with Gasteiger partial charge in [-0.25, -0.2) is 0 Å². The summed E-state index contributed by atoms with van der Waals surface area (Å²) in [7, 11) is 1.64. The minimum Gasteiger partial charge on any atom is -0.376 e. The summed E-state index contributed by atoms with van der Waals surface area (Å²) >= 11 is 0. The lowest BCUT2D eigenvalue weighted by Crippen LogP contribution is -2.22. The fraction of sp³-hybridized carbons (Fsp3) is 1.00. The molecule has 1 aliphatic heterocycles. The Bertz CT molecular complexity index is 208. The molecule has 5 heteroatoms. The summed E-state index contributed by atoms with van der Waals surface area (Å²) in [6.07, 6.45) is 6.46. The molecule has 1 aliphatic rings. The summed E-state index contributed by atoms with van der Waals surface area (Å²) in [5.74, 6) is 0. The second-order valence-electron chi connectivity index (χ2n) is 5.15. The largest absolute Gasteiger partial charge is 0.376 e. The molecule has 0 aromatic rings. The Labute approximate surface area is 122 Å². The van der Waals surface area contributed by atoms with E-state index in [1.165, 1.54) is 25.7 Å². The van der Waals surface area contributed by atoms with E-state index in [0.29, 0.717) is 39.3 Å². The van der Waals surface area contributed by atoms with Crippen LogP contribution in [0.5, 0.6) is 0 Å². The summed E-state index contributed by atoms with van der Waals surface area (Å²) in [4.78, 5) is 0. The standard InChI is InChI=1S/C15H30O5/c1-3-4-5-6-7-14(20-13-16-2)10-17-8-9-18-11-15-12-19-15/h14-15H,3-13H2,1-2H3/t14-,15+/m0/s1. The van der Waals surface area contributed by atoms with Gasteiger partial charge in [0.15, 0.2) is 0 Å². The van der Waals surface area contributed by atoms with E-state index in [9.17, 15) is 0 Å². The molecule has 0 unspecified atom stereocenters. The van der Waals surface area contributed by atoms with Crippen LogP contribution in [0.3, 0.4) is 0 Å². The maximum atomic E-state index is 5.62. The van der Waals surface area contributed by atoms with Crippen molar-refractivity contribution in [3.63, 3.8) is 0 Å². The van der Waals surface area contributed by atoms with Gasteiger partial charge in [0, 0.05) is 7.11 Å². The molecule has 0 radical (unpaired) electrons. The topological polar surface area (TPSA) is 49.5 Å². The third-order valence-corrected chi connectivity index (χ3v) is 3.18. The molecule has 1 rings (SSSR count). The second kappa shape index (κ2) is 12.5. The molecule has 1 heterocycles. The first-order chi connectivity index (χ1) is 9.86. The van der Waals surface area contributed by atoms with Crippen LogP contribution in [0.4, 0.5) is 0 Å². The monoisotopic (exact) mass is 290 g/mol. The molecule has 0 saturated carbocycles. The number of hydrogen-bond acceptors (Lipinski definition) is 5. The maximum absolute atomic E-state index is 5.62. The average Bonchev–Trinajstić information content (AvgIpc) is 3.27. The zero-order chi connectivity index (χ0) is 14.5. The predicted octanol–water partition coefficient (Wildman–Crippen LogP) is 2.38. The van der Waals surface area contributed by atoms with Crippen LogP contribution in [0.1, 0.15) is 39.0 Å². The van der Waals surface area contributed by atoms with Crippen LogP contribution in [-0.4, -0.2) is 59.1 Å². The Morgan fingerprint density at radius 3 is 2.65 bits per heavy atom. The molecule has 0 aliphatic carbocycles. The van der Waals surface area contributed by atoms with Crippen molar-refractivity contribution in [2.24, 2.45) is 0 Å². The van der Waals surface area contributed by atoms with E-state index in [1.807, 2.05) is 0 Å². The van der Waals surface area contributed by atoms with Gasteiger partial charge in [-0.2, -0.15) is 0 Å². The predicted molar refractivity (Wildman–Crippen MR) is 76.9 cm³/mol. The highest BCUT2D eigenvalue weighted by atomic mass is 16.7. The number of unbranched alkanes of at least 4 members (excludes halogenated alkanes) is 3. The quantitative estimate of drug-likeness (QED) is 0.263. The fourth-order valence-corrected chi connectivity index (χ4v) is 1.89. The molecule has 0 aromatic heterocycles. The Morgan fingerprint density at radius 2 is 1.95 bits per heavy atom. The van der Waals surface area contributed by atoms with Gasteiger partial charge in [0.05, 0.1) is 39.1 Å². The summed E-state index contributed by atoms with van der Waals surface area (Å²) in [6.45, 7) is 5.90. The van der Waals surface area contributed by atoms with E-state index < -0.39 is 0 Å². The second-order valence-corrected chi connectivity index (χ2v) is 5.15. The molecule has 0 spiro atoms. The van der Waals surface area contributed by atoms with Gasteiger partial charge in [-0.15, -0.1) is 0 Å². The van der Waals surface area contributed by atoms with Crippen molar-refractivity contribution >= 4 is 0 Å². The summed E-state index contributed by atoms with van der Waals surface area (Å²) in [5, 5.41) is 0. The molecule has 1 fully saturated rings. The van der Waals surface area contributed by atoms with E-state index in [1.54, 1.807) is 7.11 Å². The first-order valence-electron chi connectivity index (χ1n) is 7.74. The van der Waals surface area contributed by atoms with Crippen LogP contribution in [-0.2, 0) is 23.7 Å². The molecule has 1 saturated heterocycles.